The molecule has 0 aliphatic heterocycles. The number of anilines is 1. The highest BCUT2D eigenvalue weighted by Gasteiger charge is 2.24. The van der Waals surface area contributed by atoms with Gasteiger partial charge in [0.25, 0.3) is 5.91 Å². The zero-order valence-electron chi connectivity index (χ0n) is 17.9. The topological polar surface area (TPSA) is 123 Å². The second kappa shape index (κ2) is 11.7. The number of hydrogen-bond donors (Lipinski definition) is 3. The molecule has 10 heteroatoms. The van der Waals surface area contributed by atoms with Gasteiger partial charge in [-0.2, -0.15) is 0 Å². The number of nitrogens with one attached hydrogen (secondary N) is 3. The third-order valence-electron chi connectivity index (χ3n) is 4.78. The Balaban J connectivity index is 1.56. The molecule has 0 bridgehead atoms. The standard InChI is InChI=1S/C23H23ClN4O5/c1-32-17-8-6-16(7-9-17)21-20(23(27-14-29)33-28-21)22(31)26-13-11-19(30)25-12-10-15-4-2-3-5-18(15)24/h2-9,14H,10-13H2,1H3,(H,25,30)(H,26,31)(H,27,29). The average molecular weight is 471 g/mol. The van der Waals surface area contributed by atoms with Gasteiger partial charge < -0.3 is 19.9 Å². The molecule has 0 saturated carbocycles. The zero-order valence-corrected chi connectivity index (χ0v) is 18.6. The van der Waals surface area contributed by atoms with E-state index in [2.05, 4.69) is 21.1 Å². The van der Waals surface area contributed by atoms with Gasteiger partial charge in [0, 0.05) is 30.1 Å². The van der Waals surface area contributed by atoms with Crippen molar-refractivity contribution in [1.29, 1.82) is 0 Å². The molecule has 1 aromatic heterocycles. The van der Waals surface area contributed by atoms with Gasteiger partial charge >= 0.3 is 0 Å². The van der Waals surface area contributed by atoms with Crippen LogP contribution in [-0.4, -0.2) is 43.6 Å². The molecule has 3 aromatic rings. The molecule has 2 aromatic carbocycles. The van der Waals surface area contributed by atoms with E-state index >= 15 is 0 Å². The Hall–Kier alpha value is -3.85. The lowest BCUT2D eigenvalue weighted by Gasteiger charge is -2.08. The van der Waals surface area contributed by atoms with Crippen LogP contribution in [0.3, 0.4) is 0 Å². The number of halogens is 1. The normalized spacial score (nSPS) is 10.4. The lowest BCUT2D eigenvalue weighted by Crippen LogP contribution is -2.32. The highest BCUT2D eigenvalue weighted by molar-refractivity contribution is 6.31. The van der Waals surface area contributed by atoms with E-state index in [1.54, 1.807) is 37.4 Å². The van der Waals surface area contributed by atoms with Crippen LogP contribution in [0.2, 0.25) is 5.02 Å². The number of carbonyl (C=O) groups is 3. The van der Waals surface area contributed by atoms with Crippen molar-refractivity contribution in [1.82, 2.24) is 15.8 Å². The largest absolute Gasteiger partial charge is 0.497 e. The number of methoxy groups -OCH3 is 1. The molecule has 0 atom stereocenters. The van der Waals surface area contributed by atoms with Crippen molar-refractivity contribution in [3.63, 3.8) is 0 Å². The molecule has 172 valence electrons. The third-order valence-corrected chi connectivity index (χ3v) is 5.15. The number of hydrogen-bond acceptors (Lipinski definition) is 6. The molecular formula is C23H23ClN4O5. The summed E-state index contributed by atoms with van der Waals surface area (Å²) < 4.78 is 10.3. The average Bonchev–Trinajstić information content (AvgIpc) is 3.24. The Morgan fingerprint density at radius 1 is 1.09 bits per heavy atom. The lowest BCUT2D eigenvalue weighted by molar-refractivity contribution is -0.120. The molecule has 0 unspecified atom stereocenters. The van der Waals surface area contributed by atoms with Gasteiger partial charge in [0.05, 0.1) is 7.11 Å². The molecule has 0 saturated heterocycles. The van der Waals surface area contributed by atoms with Crippen molar-refractivity contribution in [2.75, 3.05) is 25.5 Å². The molecule has 0 aliphatic rings. The van der Waals surface area contributed by atoms with Gasteiger partial charge in [-0.25, -0.2) is 0 Å². The summed E-state index contributed by atoms with van der Waals surface area (Å²) in [5.41, 5.74) is 1.86. The summed E-state index contributed by atoms with van der Waals surface area (Å²) in [5, 5.41) is 12.4. The predicted octanol–water partition coefficient (Wildman–Crippen LogP) is 3.05. The van der Waals surface area contributed by atoms with Crippen LogP contribution in [0, 0.1) is 0 Å². The summed E-state index contributed by atoms with van der Waals surface area (Å²) in [6.45, 7) is 0.516. The number of amides is 3. The Labute approximate surface area is 195 Å². The Morgan fingerprint density at radius 3 is 2.55 bits per heavy atom. The van der Waals surface area contributed by atoms with Crippen LogP contribution in [0.4, 0.5) is 5.88 Å². The maximum atomic E-state index is 12.8. The Morgan fingerprint density at radius 2 is 1.85 bits per heavy atom. The lowest BCUT2D eigenvalue weighted by atomic mass is 10.1. The second-order valence-electron chi connectivity index (χ2n) is 6.92. The van der Waals surface area contributed by atoms with Gasteiger partial charge in [0.15, 0.2) is 0 Å². The molecule has 0 radical (unpaired) electrons. The quantitative estimate of drug-likeness (QED) is 0.370. The van der Waals surface area contributed by atoms with E-state index in [-0.39, 0.29) is 36.0 Å². The van der Waals surface area contributed by atoms with Crippen molar-refractivity contribution in [3.05, 3.63) is 64.7 Å². The van der Waals surface area contributed by atoms with Crippen LogP contribution < -0.4 is 20.7 Å². The summed E-state index contributed by atoms with van der Waals surface area (Å²) in [6.07, 6.45) is 1.07. The van der Waals surface area contributed by atoms with Crippen molar-refractivity contribution >= 4 is 35.7 Å². The van der Waals surface area contributed by atoms with E-state index in [0.29, 0.717) is 35.7 Å². The number of ether oxygens (including phenoxy) is 1. The van der Waals surface area contributed by atoms with Crippen LogP contribution in [-0.2, 0) is 16.0 Å². The SMILES string of the molecule is COc1ccc(-c2noc(NC=O)c2C(=O)NCCC(=O)NCCc2ccccc2Cl)cc1. The van der Waals surface area contributed by atoms with Crippen LogP contribution in [0.1, 0.15) is 22.3 Å². The van der Waals surface area contributed by atoms with Crippen molar-refractivity contribution in [2.45, 2.75) is 12.8 Å². The summed E-state index contributed by atoms with van der Waals surface area (Å²) in [6, 6.07) is 14.3. The third kappa shape index (κ3) is 6.33. The minimum atomic E-state index is -0.532. The van der Waals surface area contributed by atoms with Crippen molar-refractivity contribution in [2.24, 2.45) is 0 Å². The van der Waals surface area contributed by atoms with Gasteiger partial charge in [0.1, 0.15) is 17.0 Å². The van der Waals surface area contributed by atoms with Crippen LogP contribution in [0.5, 0.6) is 5.75 Å². The number of aromatic nitrogens is 1. The molecular weight excluding hydrogens is 448 g/mol. The predicted molar refractivity (Wildman–Crippen MR) is 123 cm³/mol. The Bertz CT molecular complexity index is 1110. The molecule has 33 heavy (non-hydrogen) atoms. The van der Waals surface area contributed by atoms with E-state index in [1.165, 1.54) is 0 Å². The number of benzene rings is 2. The van der Waals surface area contributed by atoms with Gasteiger partial charge in [-0.1, -0.05) is 35.0 Å². The van der Waals surface area contributed by atoms with E-state index in [0.717, 1.165) is 5.56 Å². The zero-order chi connectivity index (χ0) is 23.6. The molecule has 9 nitrogen and oxygen atoms in total. The van der Waals surface area contributed by atoms with Gasteiger partial charge in [-0.3, -0.25) is 19.7 Å². The Kier molecular flexibility index (Phi) is 8.43. The van der Waals surface area contributed by atoms with Gasteiger partial charge in [-0.15, -0.1) is 0 Å². The van der Waals surface area contributed by atoms with E-state index in [4.69, 9.17) is 20.9 Å². The highest BCUT2D eigenvalue weighted by Crippen LogP contribution is 2.29. The van der Waals surface area contributed by atoms with Crippen molar-refractivity contribution < 1.29 is 23.6 Å². The van der Waals surface area contributed by atoms with Gasteiger partial charge in [0.2, 0.25) is 18.2 Å². The number of nitrogens with zero attached hydrogens (tertiary/aromatic N) is 1. The molecule has 0 spiro atoms. The summed E-state index contributed by atoms with van der Waals surface area (Å²) in [5.74, 6) is -0.192. The van der Waals surface area contributed by atoms with Crippen molar-refractivity contribution in [3.8, 4) is 17.0 Å². The van der Waals surface area contributed by atoms with E-state index in [9.17, 15) is 14.4 Å². The molecule has 3 rings (SSSR count). The molecule has 1 heterocycles. The minimum absolute atomic E-state index is 0.0615. The van der Waals surface area contributed by atoms with Crippen LogP contribution in [0.15, 0.2) is 53.1 Å². The fourth-order valence-corrected chi connectivity index (χ4v) is 3.33. The second-order valence-corrected chi connectivity index (χ2v) is 7.33. The maximum absolute atomic E-state index is 12.8. The summed E-state index contributed by atoms with van der Waals surface area (Å²) >= 11 is 6.11. The maximum Gasteiger partial charge on any atom is 0.259 e. The highest BCUT2D eigenvalue weighted by atomic mass is 35.5. The first-order valence-electron chi connectivity index (χ1n) is 10.2. The first-order valence-corrected chi connectivity index (χ1v) is 10.5. The molecule has 3 N–H and O–H groups in total. The number of carbonyl (C=O) groups excluding carboxylic acids is 3. The van der Waals surface area contributed by atoms with E-state index < -0.39 is 5.91 Å². The monoisotopic (exact) mass is 470 g/mol. The number of rotatable bonds is 11. The fourth-order valence-electron chi connectivity index (χ4n) is 3.10. The van der Waals surface area contributed by atoms with Crippen LogP contribution in [0.25, 0.3) is 11.3 Å². The first-order chi connectivity index (χ1) is 16.0. The minimum Gasteiger partial charge on any atom is -0.497 e. The fraction of sp³-hybridized carbons (Fsp3) is 0.217. The van der Waals surface area contributed by atoms with E-state index in [1.807, 2.05) is 18.2 Å². The smallest absolute Gasteiger partial charge is 0.259 e. The van der Waals surface area contributed by atoms with Gasteiger partial charge in [-0.05, 0) is 42.3 Å². The molecule has 0 aliphatic carbocycles. The molecule has 0 fully saturated rings. The summed E-state index contributed by atoms with van der Waals surface area (Å²) in [7, 11) is 1.54. The summed E-state index contributed by atoms with van der Waals surface area (Å²) in [4.78, 5) is 35.8. The molecule has 3 amide bonds. The first kappa shape index (κ1) is 23.8. The van der Waals surface area contributed by atoms with Crippen LogP contribution >= 0.6 is 11.6 Å².